The second-order valence-corrected chi connectivity index (χ2v) is 8.90. The van der Waals surface area contributed by atoms with E-state index in [4.69, 9.17) is 9.47 Å². The molecule has 0 aromatic heterocycles. The highest BCUT2D eigenvalue weighted by atomic mass is 32.2. The monoisotopic (exact) mass is 433 g/mol. The van der Waals surface area contributed by atoms with Gasteiger partial charge in [-0.2, -0.15) is 4.31 Å². The number of carbonyl (C=O) groups is 1. The van der Waals surface area contributed by atoms with E-state index in [9.17, 15) is 13.2 Å². The molecular weight excluding hydrogens is 406 g/mol. The molecule has 0 atom stereocenters. The van der Waals surface area contributed by atoms with Crippen LogP contribution in [0.4, 0.5) is 4.79 Å². The Bertz CT molecular complexity index is 955. The number of nitrogens with zero attached hydrogens (tertiary/aromatic N) is 2. The zero-order chi connectivity index (χ0) is 21.6. The third-order valence-electron chi connectivity index (χ3n) is 4.86. The third kappa shape index (κ3) is 5.43. The van der Waals surface area contributed by atoms with Crippen molar-refractivity contribution in [3.8, 4) is 11.5 Å². The van der Waals surface area contributed by atoms with Crippen LogP contribution in [0.25, 0.3) is 0 Å². The number of methoxy groups -OCH3 is 1. The molecule has 162 valence electrons. The van der Waals surface area contributed by atoms with E-state index in [0.29, 0.717) is 32.0 Å². The van der Waals surface area contributed by atoms with Gasteiger partial charge in [0.1, 0.15) is 18.1 Å². The molecule has 9 heteroatoms. The molecule has 0 radical (unpaired) electrons. The van der Waals surface area contributed by atoms with Gasteiger partial charge in [0.05, 0.1) is 18.6 Å². The lowest BCUT2D eigenvalue weighted by atomic mass is 10.2. The summed E-state index contributed by atoms with van der Waals surface area (Å²) >= 11 is 0. The maximum absolute atomic E-state index is 12.8. The molecule has 0 saturated carbocycles. The van der Waals surface area contributed by atoms with Crippen molar-refractivity contribution in [3.63, 3.8) is 0 Å². The molecule has 0 aliphatic carbocycles. The molecule has 1 aliphatic heterocycles. The van der Waals surface area contributed by atoms with E-state index in [1.54, 1.807) is 17.0 Å². The number of urea groups is 1. The Hall–Kier alpha value is -2.78. The Morgan fingerprint density at radius 2 is 1.73 bits per heavy atom. The molecule has 1 saturated heterocycles. The molecule has 1 N–H and O–H groups in total. The number of sulfonamides is 1. The van der Waals surface area contributed by atoms with Gasteiger partial charge < -0.3 is 19.7 Å². The number of hydrogen-bond donors (Lipinski definition) is 1. The lowest BCUT2D eigenvalue weighted by Crippen LogP contribution is -2.53. The Morgan fingerprint density at radius 1 is 1.03 bits per heavy atom. The molecule has 8 nitrogen and oxygen atoms in total. The van der Waals surface area contributed by atoms with Crippen LogP contribution in [0.2, 0.25) is 0 Å². The van der Waals surface area contributed by atoms with Gasteiger partial charge in [-0.25, -0.2) is 13.2 Å². The van der Waals surface area contributed by atoms with Crippen molar-refractivity contribution in [1.82, 2.24) is 14.5 Å². The molecule has 0 unspecified atom stereocenters. The van der Waals surface area contributed by atoms with Crippen LogP contribution in [0.3, 0.4) is 0 Å². The number of benzene rings is 2. The Balaban J connectivity index is 1.44. The number of hydrogen-bond acceptors (Lipinski definition) is 5. The highest BCUT2D eigenvalue weighted by Crippen LogP contribution is 2.20. The highest BCUT2D eigenvalue weighted by molar-refractivity contribution is 7.89. The van der Waals surface area contributed by atoms with Gasteiger partial charge in [-0.15, -0.1) is 0 Å². The van der Waals surface area contributed by atoms with Crippen molar-refractivity contribution < 1.29 is 22.7 Å². The first-order valence-electron chi connectivity index (χ1n) is 9.76. The SMILES string of the molecule is COc1ccc(S(=O)(=O)N2CCN(C(=O)NCCOc3cccc(C)c3)CC2)cc1. The number of nitrogens with one attached hydrogen (secondary N) is 1. The lowest BCUT2D eigenvalue weighted by Gasteiger charge is -2.34. The number of piperazine rings is 1. The van der Waals surface area contributed by atoms with Crippen LogP contribution in [0.1, 0.15) is 5.56 Å². The van der Waals surface area contributed by atoms with Crippen LogP contribution < -0.4 is 14.8 Å². The smallest absolute Gasteiger partial charge is 0.317 e. The molecule has 2 amide bonds. The van der Waals surface area contributed by atoms with Crippen LogP contribution in [0.15, 0.2) is 53.4 Å². The van der Waals surface area contributed by atoms with Gasteiger partial charge in [0.25, 0.3) is 0 Å². The summed E-state index contributed by atoms with van der Waals surface area (Å²) < 4.78 is 37.7. The average molecular weight is 434 g/mol. The topological polar surface area (TPSA) is 88.2 Å². The summed E-state index contributed by atoms with van der Waals surface area (Å²) in [6.45, 7) is 3.89. The third-order valence-corrected chi connectivity index (χ3v) is 6.77. The molecule has 1 heterocycles. The summed E-state index contributed by atoms with van der Waals surface area (Å²) in [6, 6.07) is 13.8. The Labute approximate surface area is 177 Å². The van der Waals surface area contributed by atoms with Crippen molar-refractivity contribution in [2.24, 2.45) is 0 Å². The number of carbonyl (C=O) groups excluding carboxylic acids is 1. The number of amides is 2. The molecule has 30 heavy (non-hydrogen) atoms. The van der Waals surface area contributed by atoms with E-state index < -0.39 is 10.0 Å². The van der Waals surface area contributed by atoms with Crippen LogP contribution in [0.5, 0.6) is 11.5 Å². The van der Waals surface area contributed by atoms with Gasteiger partial charge >= 0.3 is 6.03 Å². The summed E-state index contributed by atoms with van der Waals surface area (Å²) in [5.41, 5.74) is 1.11. The van der Waals surface area contributed by atoms with Crippen molar-refractivity contribution in [2.75, 3.05) is 46.4 Å². The van der Waals surface area contributed by atoms with Crippen molar-refractivity contribution >= 4 is 16.1 Å². The first-order valence-corrected chi connectivity index (χ1v) is 11.2. The molecule has 1 aliphatic rings. The number of rotatable bonds is 7. The van der Waals surface area contributed by atoms with E-state index in [0.717, 1.165) is 11.3 Å². The van der Waals surface area contributed by atoms with E-state index >= 15 is 0 Å². The minimum atomic E-state index is -3.59. The lowest BCUT2D eigenvalue weighted by molar-refractivity contribution is 0.170. The van der Waals surface area contributed by atoms with Crippen molar-refractivity contribution in [3.05, 3.63) is 54.1 Å². The second-order valence-electron chi connectivity index (χ2n) is 6.96. The quantitative estimate of drug-likeness (QED) is 0.676. The fraction of sp³-hybridized carbons (Fsp3) is 0.381. The van der Waals surface area contributed by atoms with Gasteiger partial charge in [0.15, 0.2) is 0 Å². The van der Waals surface area contributed by atoms with Gasteiger partial charge in [-0.05, 0) is 48.9 Å². The average Bonchev–Trinajstić information content (AvgIpc) is 2.77. The normalized spacial score (nSPS) is 14.9. The zero-order valence-electron chi connectivity index (χ0n) is 17.2. The predicted octanol–water partition coefficient (Wildman–Crippen LogP) is 2.10. The molecule has 0 spiro atoms. The number of ether oxygens (including phenoxy) is 2. The van der Waals surface area contributed by atoms with Gasteiger partial charge in [-0.1, -0.05) is 12.1 Å². The van der Waals surface area contributed by atoms with Crippen LogP contribution in [-0.2, 0) is 10.0 Å². The summed E-state index contributed by atoms with van der Waals surface area (Å²) in [7, 11) is -2.06. The van der Waals surface area contributed by atoms with Crippen LogP contribution in [-0.4, -0.2) is 70.1 Å². The minimum absolute atomic E-state index is 0.217. The van der Waals surface area contributed by atoms with Crippen molar-refractivity contribution in [2.45, 2.75) is 11.8 Å². The first-order chi connectivity index (χ1) is 14.4. The van der Waals surface area contributed by atoms with E-state index in [-0.39, 0.29) is 24.0 Å². The van der Waals surface area contributed by atoms with E-state index in [1.165, 1.54) is 23.5 Å². The second kappa shape index (κ2) is 9.82. The van der Waals surface area contributed by atoms with E-state index in [2.05, 4.69) is 5.32 Å². The van der Waals surface area contributed by atoms with Crippen LogP contribution >= 0.6 is 0 Å². The maximum atomic E-state index is 12.8. The first kappa shape index (κ1) is 21.9. The van der Waals surface area contributed by atoms with Gasteiger partial charge in [0, 0.05) is 26.2 Å². The fourth-order valence-electron chi connectivity index (χ4n) is 3.17. The van der Waals surface area contributed by atoms with Gasteiger partial charge in [-0.3, -0.25) is 0 Å². The standard InChI is InChI=1S/C21H27N3O5S/c1-17-4-3-5-19(16-17)29-15-10-22-21(25)23-11-13-24(14-12-23)30(26,27)20-8-6-18(28-2)7-9-20/h3-9,16H,10-15H2,1-2H3,(H,22,25). The van der Waals surface area contributed by atoms with Gasteiger partial charge in [0.2, 0.25) is 10.0 Å². The number of aryl methyl sites for hydroxylation is 1. The zero-order valence-corrected chi connectivity index (χ0v) is 18.0. The Kier molecular flexibility index (Phi) is 7.17. The fourth-order valence-corrected chi connectivity index (χ4v) is 4.59. The summed E-state index contributed by atoms with van der Waals surface area (Å²) in [6.07, 6.45) is 0. The predicted molar refractivity (Wildman–Crippen MR) is 113 cm³/mol. The molecular formula is C21H27N3O5S. The summed E-state index contributed by atoms with van der Waals surface area (Å²) in [4.78, 5) is 14.2. The minimum Gasteiger partial charge on any atom is -0.497 e. The molecule has 1 fully saturated rings. The summed E-state index contributed by atoms with van der Waals surface area (Å²) in [5.74, 6) is 1.36. The van der Waals surface area contributed by atoms with Crippen LogP contribution in [0, 0.1) is 6.92 Å². The largest absolute Gasteiger partial charge is 0.497 e. The molecule has 0 bridgehead atoms. The summed E-state index contributed by atoms with van der Waals surface area (Å²) in [5, 5.41) is 2.82. The van der Waals surface area contributed by atoms with Crippen molar-refractivity contribution in [1.29, 1.82) is 0 Å². The molecule has 2 aromatic carbocycles. The molecule has 2 aromatic rings. The molecule has 3 rings (SSSR count). The maximum Gasteiger partial charge on any atom is 0.317 e. The van der Waals surface area contributed by atoms with E-state index in [1.807, 2.05) is 31.2 Å². The Morgan fingerprint density at radius 3 is 2.37 bits per heavy atom. The highest BCUT2D eigenvalue weighted by Gasteiger charge is 2.30.